The summed E-state index contributed by atoms with van der Waals surface area (Å²) in [5.41, 5.74) is 1.63. The quantitative estimate of drug-likeness (QED) is 0.795. The number of oxime groups is 1. The Balaban J connectivity index is 1.90. The molecule has 4 nitrogen and oxygen atoms in total. The summed E-state index contributed by atoms with van der Waals surface area (Å²) < 4.78 is 13.2. The van der Waals surface area contributed by atoms with Gasteiger partial charge in [-0.2, -0.15) is 0 Å². The molecule has 1 heterocycles. The molecule has 0 radical (unpaired) electrons. The number of rotatable bonds is 4. The number of carbonyl (C=O) groups is 1. The lowest BCUT2D eigenvalue weighted by atomic mass is 10.1. The summed E-state index contributed by atoms with van der Waals surface area (Å²) in [6, 6.07) is 13.9. The van der Waals surface area contributed by atoms with Gasteiger partial charge in [-0.3, -0.25) is 9.69 Å². The predicted molar refractivity (Wildman–Crippen MR) is 92.3 cm³/mol. The van der Waals surface area contributed by atoms with E-state index in [9.17, 15) is 9.18 Å². The van der Waals surface area contributed by atoms with Crippen molar-refractivity contribution in [1.29, 1.82) is 0 Å². The van der Waals surface area contributed by atoms with Gasteiger partial charge >= 0.3 is 0 Å². The van der Waals surface area contributed by atoms with Crippen LogP contribution in [0.1, 0.15) is 18.1 Å². The highest BCUT2D eigenvalue weighted by Gasteiger charge is 2.31. The summed E-state index contributed by atoms with van der Waals surface area (Å²) in [4.78, 5) is 20.5. The molecule has 0 bridgehead atoms. The lowest BCUT2D eigenvalue weighted by Crippen LogP contribution is -2.46. The van der Waals surface area contributed by atoms with E-state index >= 15 is 0 Å². The summed E-state index contributed by atoms with van der Waals surface area (Å²) in [6.07, 6.45) is 1.38. The van der Waals surface area contributed by atoms with Crippen molar-refractivity contribution in [2.75, 3.05) is 6.26 Å². The molecule has 0 saturated heterocycles. The minimum absolute atomic E-state index is 0.168. The third-order valence-electron chi connectivity index (χ3n) is 3.77. The number of benzene rings is 2. The van der Waals surface area contributed by atoms with Crippen molar-refractivity contribution in [3.63, 3.8) is 0 Å². The Labute approximate surface area is 144 Å². The van der Waals surface area contributed by atoms with Crippen molar-refractivity contribution in [2.24, 2.45) is 5.16 Å². The summed E-state index contributed by atoms with van der Waals surface area (Å²) in [6.45, 7) is 2.05. The Morgan fingerprint density at radius 3 is 2.46 bits per heavy atom. The fraction of sp³-hybridized carbons (Fsp3) is 0.222. The fourth-order valence-electron chi connectivity index (χ4n) is 2.42. The smallest absolute Gasteiger partial charge is 0.272 e. The molecule has 1 aliphatic heterocycles. The second-order valence-electron chi connectivity index (χ2n) is 5.44. The van der Waals surface area contributed by atoms with E-state index in [1.54, 1.807) is 35.7 Å². The monoisotopic (exact) mass is 344 g/mol. The van der Waals surface area contributed by atoms with Crippen molar-refractivity contribution in [3.05, 3.63) is 65.5 Å². The minimum Gasteiger partial charge on any atom is -0.381 e. The van der Waals surface area contributed by atoms with Crippen LogP contribution in [0.5, 0.6) is 0 Å². The van der Waals surface area contributed by atoms with Gasteiger partial charge in [-0.1, -0.05) is 17.3 Å². The first-order valence-electron chi connectivity index (χ1n) is 7.52. The van der Waals surface area contributed by atoms with Gasteiger partial charge in [-0.25, -0.2) is 4.39 Å². The first kappa shape index (κ1) is 16.5. The Hall–Kier alpha value is -2.34. The van der Waals surface area contributed by atoms with Crippen molar-refractivity contribution < 1.29 is 14.0 Å². The number of halogens is 1. The largest absolute Gasteiger partial charge is 0.381 e. The molecule has 1 unspecified atom stereocenters. The topological polar surface area (TPSA) is 41.9 Å². The Kier molecular flexibility index (Phi) is 4.85. The molecule has 124 valence electrons. The molecule has 24 heavy (non-hydrogen) atoms. The zero-order valence-electron chi connectivity index (χ0n) is 13.4. The average Bonchev–Trinajstić information content (AvgIpc) is 2.61. The van der Waals surface area contributed by atoms with Gasteiger partial charge in [0, 0.05) is 10.5 Å². The van der Waals surface area contributed by atoms with Gasteiger partial charge in [0.25, 0.3) is 5.91 Å². The second-order valence-corrected chi connectivity index (χ2v) is 6.32. The van der Waals surface area contributed by atoms with Crippen molar-refractivity contribution in [2.45, 2.75) is 24.5 Å². The molecule has 3 rings (SSSR count). The summed E-state index contributed by atoms with van der Waals surface area (Å²) in [7, 11) is 0. The standard InChI is InChI=1S/C18H17FN2O2S/c1-12-18(22)21(11-13-3-9-16(24-2)10-4-13)17(20-23-12)14-5-7-15(19)8-6-14/h3-10,12H,11H2,1-2H3. The number of nitrogens with zero attached hydrogens (tertiary/aromatic N) is 2. The van der Waals surface area contributed by atoms with E-state index in [-0.39, 0.29) is 11.7 Å². The minimum atomic E-state index is -0.639. The van der Waals surface area contributed by atoms with E-state index in [0.29, 0.717) is 17.9 Å². The van der Waals surface area contributed by atoms with Crippen LogP contribution in [0, 0.1) is 5.82 Å². The van der Waals surface area contributed by atoms with Gasteiger partial charge in [-0.15, -0.1) is 11.8 Å². The van der Waals surface area contributed by atoms with Crippen LogP contribution in [0.4, 0.5) is 4.39 Å². The maximum atomic E-state index is 13.2. The third kappa shape index (κ3) is 3.43. The average molecular weight is 344 g/mol. The third-order valence-corrected chi connectivity index (χ3v) is 4.51. The van der Waals surface area contributed by atoms with Crippen LogP contribution in [-0.2, 0) is 16.2 Å². The van der Waals surface area contributed by atoms with Gasteiger partial charge in [0.2, 0.25) is 6.10 Å². The maximum absolute atomic E-state index is 13.2. The van der Waals surface area contributed by atoms with Gasteiger partial charge < -0.3 is 4.84 Å². The fourth-order valence-corrected chi connectivity index (χ4v) is 2.83. The number of carbonyl (C=O) groups excluding carboxylic acids is 1. The molecule has 2 aromatic carbocycles. The molecule has 0 spiro atoms. The van der Waals surface area contributed by atoms with Crippen molar-refractivity contribution >= 4 is 23.5 Å². The normalized spacial score (nSPS) is 17.5. The highest BCUT2D eigenvalue weighted by atomic mass is 32.2. The van der Waals surface area contributed by atoms with Crippen LogP contribution in [0.2, 0.25) is 0 Å². The Bertz CT molecular complexity index is 760. The van der Waals surface area contributed by atoms with E-state index in [1.807, 2.05) is 30.5 Å². The zero-order chi connectivity index (χ0) is 17.1. The van der Waals surface area contributed by atoms with Crippen LogP contribution in [-0.4, -0.2) is 29.0 Å². The van der Waals surface area contributed by atoms with E-state index in [0.717, 1.165) is 10.5 Å². The molecule has 0 aromatic heterocycles. The number of hydrogen-bond acceptors (Lipinski definition) is 4. The molecule has 1 aliphatic rings. The number of thioether (sulfide) groups is 1. The molecule has 0 N–H and O–H groups in total. The molecule has 0 fully saturated rings. The lowest BCUT2D eigenvalue weighted by molar-refractivity contribution is -0.142. The van der Waals surface area contributed by atoms with Gasteiger partial charge in [-0.05, 0) is 55.1 Å². The zero-order valence-corrected chi connectivity index (χ0v) is 14.2. The molecule has 0 aliphatic carbocycles. The van der Waals surface area contributed by atoms with E-state index in [1.165, 1.54) is 12.1 Å². The molecular weight excluding hydrogens is 327 g/mol. The van der Waals surface area contributed by atoms with Gasteiger partial charge in [0.15, 0.2) is 5.84 Å². The first-order valence-corrected chi connectivity index (χ1v) is 8.75. The van der Waals surface area contributed by atoms with E-state index in [4.69, 9.17) is 4.84 Å². The van der Waals surface area contributed by atoms with Crippen LogP contribution < -0.4 is 0 Å². The van der Waals surface area contributed by atoms with Crippen LogP contribution >= 0.6 is 11.8 Å². The summed E-state index contributed by atoms with van der Waals surface area (Å²) in [5, 5.41) is 4.07. The molecule has 2 aromatic rings. The van der Waals surface area contributed by atoms with Gasteiger partial charge in [0.1, 0.15) is 5.82 Å². The van der Waals surface area contributed by atoms with Crippen LogP contribution in [0.3, 0.4) is 0 Å². The van der Waals surface area contributed by atoms with Gasteiger partial charge in [0.05, 0.1) is 6.54 Å². The molecular formula is C18H17FN2O2S. The highest BCUT2D eigenvalue weighted by molar-refractivity contribution is 7.98. The van der Waals surface area contributed by atoms with Crippen LogP contribution in [0.25, 0.3) is 0 Å². The molecule has 1 amide bonds. The maximum Gasteiger partial charge on any atom is 0.272 e. The SMILES string of the molecule is CSc1ccc(CN2C(=O)C(C)ON=C2c2ccc(F)cc2)cc1. The Morgan fingerprint density at radius 1 is 1.17 bits per heavy atom. The second kappa shape index (κ2) is 7.05. The number of hydrogen-bond donors (Lipinski definition) is 0. The number of amidine groups is 1. The highest BCUT2D eigenvalue weighted by Crippen LogP contribution is 2.20. The Morgan fingerprint density at radius 2 is 1.83 bits per heavy atom. The van der Waals surface area contributed by atoms with E-state index in [2.05, 4.69) is 5.16 Å². The van der Waals surface area contributed by atoms with E-state index < -0.39 is 6.10 Å². The lowest BCUT2D eigenvalue weighted by Gasteiger charge is -2.30. The summed E-state index contributed by atoms with van der Waals surface area (Å²) >= 11 is 1.66. The number of amides is 1. The van der Waals surface area contributed by atoms with Crippen molar-refractivity contribution in [1.82, 2.24) is 4.90 Å². The van der Waals surface area contributed by atoms with Crippen LogP contribution in [0.15, 0.2) is 58.6 Å². The molecule has 1 atom stereocenters. The van der Waals surface area contributed by atoms with Crippen molar-refractivity contribution in [3.8, 4) is 0 Å². The molecule has 0 saturated carbocycles. The summed E-state index contributed by atoms with van der Waals surface area (Å²) in [5.74, 6) is -0.111. The predicted octanol–water partition coefficient (Wildman–Crippen LogP) is 3.66. The first-order chi connectivity index (χ1) is 11.6. The molecule has 6 heteroatoms.